The molecular weight excluding hydrogens is 350 g/mol. The number of carbonyl (C=O) groups is 1. The van der Waals surface area contributed by atoms with Crippen LogP contribution in [0.15, 0.2) is 48.5 Å². The van der Waals surface area contributed by atoms with Crippen LogP contribution in [0.3, 0.4) is 0 Å². The van der Waals surface area contributed by atoms with E-state index in [2.05, 4.69) is 5.32 Å². The number of carbonyl (C=O) groups excluding carboxylic acids is 1. The number of nitrogens with zero attached hydrogens (tertiary/aromatic N) is 2. The Morgan fingerprint density at radius 3 is 2.74 bits per heavy atom. The lowest BCUT2D eigenvalue weighted by molar-refractivity contribution is -0.385. The van der Waals surface area contributed by atoms with E-state index in [0.717, 1.165) is 11.6 Å². The van der Waals surface area contributed by atoms with Gasteiger partial charge < -0.3 is 15.2 Å². The van der Waals surface area contributed by atoms with Crippen molar-refractivity contribution in [2.24, 2.45) is 0 Å². The minimum atomic E-state index is -0.752. The third-order valence-electron chi connectivity index (χ3n) is 3.54. The maximum absolute atomic E-state index is 11.6. The van der Waals surface area contributed by atoms with Crippen LogP contribution in [0.5, 0.6) is 5.75 Å². The second-order valence-electron chi connectivity index (χ2n) is 5.48. The molecule has 0 aromatic heterocycles. The van der Waals surface area contributed by atoms with Crippen LogP contribution in [-0.4, -0.2) is 22.7 Å². The van der Waals surface area contributed by atoms with Crippen molar-refractivity contribution in [3.05, 3.63) is 75.3 Å². The number of nitro benzene ring substituents is 1. The highest BCUT2D eigenvalue weighted by Gasteiger charge is 2.17. The molecule has 0 radical (unpaired) electrons. The first-order valence-corrected chi connectivity index (χ1v) is 8.04. The Bertz CT molecular complexity index is 888. The number of rotatable bonds is 7. The number of hydrogen-bond donors (Lipinski definition) is 2. The fourth-order valence-corrected chi connectivity index (χ4v) is 2.21. The highest BCUT2D eigenvalue weighted by Crippen LogP contribution is 2.32. The summed E-state index contributed by atoms with van der Waals surface area (Å²) in [6, 6.07) is 13.4. The number of amides is 1. The van der Waals surface area contributed by atoms with Crippen LogP contribution in [0.1, 0.15) is 23.1 Å². The van der Waals surface area contributed by atoms with Gasteiger partial charge >= 0.3 is 11.8 Å². The molecule has 0 saturated carbocycles. The van der Waals surface area contributed by atoms with Gasteiger partial charge in [0.25, 0.3) is 0 Å². The monoisotopic (exact) mass is 367 g/mol. The van der Waals surface area contributed by atoms with Gasteiger partial charge in [0.2, 0.25) is 5.75 Å². The van der Waals surface area contributed by atoms with Gasteiger partial charge in [0.15, 0.2) is 0 Å². The van der Waals surface area contributed by atoms with Gasteiger partial charge in [0, 0.05) is 18.2 Å². The molecular formula is C19H17N3O5. The van der Waals surface area contributed by atoms with Crippen molar-refractivity contribution in [1.29, 1.82) is 5.26 Å². The van der Waals surface area contributed by atoms with Gasteiger partial charge in [-0.25, -0.2) is 4.79 Å². The smallest absolute Gasteiger partial charge is 0.407 e. The SMILES string of the molecule is N#Cc1cc(C=CCCNC(=O)OCc2ccccc2)c(O)c([N+](=O)[O-])c1. The quantitative estimate of drug-likeness (QED) is 0.438. The standard InChI is InChI=1S/C19H17N3O5/c20-12-15-10-16(18(23)17(11-15)22(25)26)8-4-5-9-21-19(24)27-13-14-6-2-1-3-7-14/h1-4,6-8,10-11,23H,5,9,13H2,(H,21,24). The molecule has 0 fully saturated rings. The summed E-state index contributed by atoms with van der Waals surface area (Å²) in [6.45, 7) is 0.450. The van der Waals surface area contributed by atoms with E-state index in [1.807, 2.05) is 36.4 Å². The molecule has 0 atom stereocenters. The number of aromatic hydroxyl groups is 1. The molecule has 0 unspecified atom stereocenters. The van der Waals surface area contributed by atoms with E-state index >= 15 is 0 Å². The van der Waals surface area contributed by atoms with Gasteiger partial charge in [-0.2, -0.15) is 5.26 Å². The van der Waals surface area contributed by atoms with Gasteiger partial charge in [0.05, 0.1) is 16.6 Å². The normalized spacial score (nSPS) is 10.3. The number of ether oxygens (including phenoxy) is 1. The first-order valence-electron chi connectivity index (χ1n) is 8.04. The molecule has 138 valence electrons. The number of hydrogen-bond acceptors (Lipinski definition) is 6. The highest BCUT2D eigenvalue weighted by atomic mass is 16.6. The number of benzene rings is 2. The molecule has 0 spiro atoms. The zero-order chi connectivity index (χ0) is 19.6. The Kier molecular flexibility index (Phi) is 6.91. The minimum Gasteiger partial charge on any atom is -0.502 e. The van der Waals surface area contributed by atoms with E-state index in [4.69, 9.17) is 10.00 Å². The summed E-state index contributed by atoms with van der Waals surface area (Å²) >= 11 is 0. The van der Waals surface area contributed by atoms with E-state index in [9.17, 15) is 20.0 Å². The molecule has 1 amide bonds. The van der Waals surface area contributed by atoms with E-state index in [0.29, 0.717) is 6.42 Å². The molecule has 8 nitrogen and oxygen atoms in total. The molecule has 2 rings (SSSR count). The summed E-state index contributed by atoms with van der Waals surface area (Å²) in [5.74, 6) is -0.509. The van der Waals surface area contributed by atoms with Gasteiger partial charge in [0.1, 0.15) is 6.61 Å². The maximum atomic E-state index is 11.6. The summed E-state index contributed by atoms with van der Waals surface area (Å²) in [5.41, 5.74) is 0.576. The Labute approximate surface area is 155 Å². The van der Waals surface area contributed by atoms with Crippen LogP contribution in [0.25, 0.3) is 6.08 Å². The van der Waals surface area contributed by atoms with Crippen molar-refractivity contribution in [2.75, 3.05) is 6.54 Å². The maximum Gasteiger partial charge on any atom is 0.407 e. The summed E-state index contributed by atoms with van der Waals surface area (Å²) in [5, 5.41) is 32.3. The fourth-order valence-electron chi connectivity index (χ4n) is 2.21. The Morgan fingerprint density at radius 2 is 2.07 bits per heavy atom. The summed E-state index contributed by atoms with van der Waals surface area (Å²) in [7, 11) is 0. The predicted octanol–water partition coefficient (Wildman–Crippen LogP) is 3.50. The average molecular weight is 367 g/mol. The van der Waals surface area contributed by atoms with E-state index < -0.39 is 22.5 Å². The molecule has 0 heterocycles. The van der Waals surface area contributed by atoms with E-state index in [-0.39, 0.29) is 24.3 Å². The second kappa shape index (κ2) is 9.58. The van der Waals surface area contributed by atoms with Crippen LogP contribution in [0.4, 0.5) is 10.5 Å². The minimum absolute atomic E-state index is 0.0711. The molecule has 2 aromatic carbocycles. The van der Waals surface area contributed by atoms with Crippen molar-refractivity contribution < 1.29 is 19.6 Å². The number of nitro groups is 1. The van der Waals surface area contributed by atoms with Crippen molar-refractivity contribution in [1.82, 2.24) is 5.32 Å². The molecule has 27 heavy (non-hydrogen) atoms. The van der Waals surface area contributed by atoms with Crippen molar-refractivity contribution in [2.45, 2.75) is 13.0 Å². The van der Waals surface area contributed by atoms with Gasteiger partial charge in [-0.3, -0.25) is 10.1 Å². The topological polar surface area (TPSA) is 125 Å². The third kappa shape index (κ3) is 5.86. The van der Waals surface area contributed by atoms with Crippen LogP contribution in [-0.2, 0) is 11.3 Å². The molecule has 8 heteroatoms. The number of nitrogens with one attached hydrogen (secondary N) is 1. The molecule has 2 N–H and O–H groups in total. The largest absolute Gasteiger partial charge is 0.502 e. The lowest BCUT2D eigenvalue weighted by atomic mass is 10.1. The summed E-state index contributed by atoms with van der Waals surface area (Å²) < 4.78 is 5.06. The zero-order valence-corrected chi connectivity index (χ0v) is 14.3. The first-order chi connectivity index (χ1) is 13.0. The molecule has 0 saturated heterocycles. The average Bonchev–Trinajstić information content (AvgIpc) is 2.67. The Hall–Kier alpha value is -3.86. The molecule has 2 aromatic rings. The molecule has 0 aliphatic rings. The number of phenolic OH excluding ortho intramolecular Hbond substituents is 1. The van der Waals surface area contributed by atoms with Gasteiger partial charge in [-0.05, 0) is 18.1 Å². The lowest BCUT2D eigenvalue weighted by Gasteiger charge is -2.06. The third-order valence-corrected chi connectivity index (χ3v) is 3.54. The first kappa shape index (κ1) is 19.5. The number of alkyl carbamates (subject to hydrolysis) is 1. The zero-order valence-electron chi connectivity index (χ0n) is 14.3. The van der Waals surface area contributed by atoms with Crippen LogP contribution in [0.2, 0.25) is 0 Å². The van der Waals surface area contributed by atoms with Crippen LogP contribution < -0.4 is 5.32 Å². The Balaban J connectivity index is 1.84. The second-order valence-corrected chi connectivity index (χ2v) is 5.48. The summed E-state index contributed by atoms with van der Waals surface area (Å²) in [4.78, 5) is 21.8. The van der Waals surface area contributed by atoms with Crippen molar-refractivity contribution in [3.8, 4) is 11.8 Å². The highest BCUT2D eigenvalue weighted by molar-refractivity contribution is 5.68. The van der Waals surface area contributed by atoms with Crippen molar-refractivity contribution in [3.63, 3.8) is 0 Å². The predicted molar refractivity (Wildman–Crippen MR) is 97.8 cm³/mol. The lowest BCUT2D eigenvalue weighted by Crippen LogP contribution is -2.24. The van der Waals surface area contributed by atoms with E-state index in [1.54, 1.807) is 6.08 Å². The number of phenols is 1. The van der Waals surface area contributed by atoms with Crippen LogP contribution in [0, 0.1) is 21.4 Å². The summed E-state index contributed by atoms with van der Waals surface area (Å²) in [6.07, 6.45) is 2.93. The van der Waals surface area contributed by atoms with Gasteiger partial charge in [-0.15, -0.1) is 0 Å². The Morgan fingerprint density at radius 1 is 1.33 bits per heavy atom. The molecule has 0 aliphatic heterocycles. The van der Waals surface area contributed by atoms with Gasteiger partial charge in [-0.1, -0.05) is 42.5 Å². The molecule has 0 aliphatic carbocycles. The fraction of sp³-hybridized carbons (Fsp3) is 0.158. The molecule has 0 bridgehead atoms. The van der Waals surface area contributed by atoms with Crippen molar-refractivity contribution >= 4 is 17.9 Å². The van der Waals surface area contributed by atoms with E-state index in [1.165, 1.54) is 12.1 Å². The van der Waals surface area contributed by atoms with Crippen LogP contribution >= 0.6 is 0 Å². The number of nitriles is 1.